The maximum Gasteiger partial charge on any atom is 0.167 e. The third-order valence-corrected chi connectivity index (χ3v) is 3.68. The maximum atomic E-state index is 12.6. The molecule has 1 aromatic rings. The lowest BCUT2D eigenvalue weighted by Crippen LogP contribution is -2.26. The van der Waals surface area contributed by atoms with Gasteiger partial charge in [-0.25, -0.2) is 0 Å². The number of carbonyl (C=O) groups excluding carboxylic acids is 1. The van der Waals surface area contributed by atoms with Gasteiger partial charge in [0, 0.05) is 18.0 Å². The SMILES string of the molecule is CCC(CNC)C(=O)c1cc(C(C)(C)C)ccc1C. The average Bonchev–Trinajstić information content (AvgIpc) is 2.34. The lowest BCUT2D eigenvalue weighted by molar-refractivity contribution is 0.0916. The van der Waals surface area contributed by atoms with Crippen LogP contribution in [0, 0.1) is 12.8 Å². The molecule has 1 unspecified atom stereocenters. The Bertz CT molecular complexity index is 443. The highest BCUT2D eigenvalue weighted by Gasteiger charge is 2.22. The lowest BCUT2D eigenvalue weighted by atomic mass is 9.83. The molecule has 1 atom stereocenters. The van der Waals surface area contributed by atoms with Gasteiger partial charge in [0.1, 0.15) is 0 Å². The number of aryl methyl sites for hydroxylation is 1. The first-order valence-corrected chi connectivity index (χ1v) is 7.11. The van der Waals surface area contributed by atoms with E-state index in [0.29, 0.717) is 0 Å². The van der Waals surface area contributed by atoms with E-state index in [4.69, 9.17) is 0 Å². The van der Waals surface area contributed by atoms with E-state index >= 15 is 0 Å². The van der Waals surface area contributed by atoms with E-state index < -0.39 is 0 Å². The third-order valence-electron chi connectivity index (χ3n) is 3.68. The summed E-state index contributed by atoms with van der Waals surface area (Å²) < 4.78 is 0. The fraction of sp³-hybridized carbons (Fsp3) is 0.588. The largest absolute Gasteiger partial charge is 0.319 e. The van der Waals surface area contributed by atoms with Crippen molar-refractivity contribution in [2.45, 2.75) is 46.5 Å². The standard InChI is InChI=1S/C17H27NO/c1-7-13(11-18-6)16(19)15-10-14(17(3,4)5)9-8-12(15)2/h8-10,13,18H,7,11H2,1-6H3. The number of benzene rings is 1. The van der Waals surface area contributed by atoms with Gasteiger partial charge in [-0.2, -0.15) is 0 Å². The van der Waals surface area contributed by atoms with Gasteiger partial charge in [-0.3, -0.25) is 4.79 Å². The maximum absolute atomic E-state index is 12.6. The summed E-state index contributed by atoms with van der Waals surface area (Å²) in [5, 5.41) is 3.11. The van der Waals surface area contributed by atoms with Gasteiger partial charge in [0.2, 0.25) is 0 Å². The van der Waals surface area contributed by atoms with Crippen molar-refractivity contribution in [3.8, 4) is 0 Å². The van der Waals surface area contributed by atoms with Gasteiger partial charge in [-0.05, 0) is 43.0 Å². The Morgan fingerprint density at radius 3 is 2.42 bits per heavy atom. The van der Waals surface area contributed by atoms with Gasteiger partial charge in [-0.1, -0.05) is 39.8 Å². The Morgan fingerprint density at radius 2 is 1.95 bits per heavy atom. The smallest absolute Gasteiger partial charge is 0.167 e. The zero-order chi connectivity index (χ0) is 14.6. The van der Waals surface area contributed by atoms with Crippen molar-refractivity contribution >= 4 is 5.78 Å². The summed E-state index contributed by atoms with van der Waals surface area (Å²) in [5.74, 6) is 0.333. The molecule has 0 radical (unpaired) electrons. The highest BCUT2D eigenvalue weighted by atomic mass is 16.1. The van der Waals surface area contributed by atoms with Crippen molar-refractivity contribution in [2.75, 3.05) is 13.6 Å². The van der Waals surface area contributed by atoms with Crippen LogP contribution in [0.15, 0.2) is 18.2 Å². The molecule has 0 bridgehead atoms. The third kappa shape index (κ3) is 3.90. The van der Waals surface area contributed by atoms with Gasteiger partial charge in [0.15, 0.2) is 5.78 Å². The molecule has 0 fully saturated rings. The average molecular weight is 261 g/mol. The monoisotopic (exact) mass is 261 g/mol. The molecule has 1 rings (SSSR count). The van der Waals surface area contributed by atoms with Crippen LogP contribution in [0.4, 0.5) is 0 Å². The zero-order valence-corrected chi connectivity index (χ0v) is 13.1. The van der Waals surface area contributed by atoms with Crippen LogP contribution in [0.1, 0.15) is 55.6 Å². The summed E-state index contributed by atoms with van der Waals surface area (Å²) in [4.78, 5) is 12.6. The molecule has 0 heterocycles. The highest BCUT2D eigenvalue weighted by molar-refractivity contribution is 5.99. The van der Waals surface area contributed by atoms with Crippen LogP contribution in [0.3, 0.4) is 0 Å². The fourth-order valence-electron chi connectivity index (χ4n) is 2.24. The summed E-state index contributed by atoms with van der Waals surface area (Å²) in [5.41, 5.74) is 3.26. The molecule has 106 valence electrons. The van der Waals surface area contributed by atoms with E-state index in [2.05, 4.69) is 51.2 Å². The van der Waals surface area contributed by atoms with E-state index in [1.165, 1.54) is 5.56 Å². The molecule has 1 N–H and O–H groups in total. The Balaban J connectivity index is 3.15. The molecule has 0 saturated heterocycles. The van der Waals surface area contributed by atoms with E-state index in [1.54, 1.807) is 0 Å². The second-order valence-electron chi connectivity index (χ2n) is 6.31. The van der Waals surface area contributed by atoms with Crippen LogP contribution in [0.2, 0.25) is 0 Å². The van der Waals surface area contributed by atoms with Crippen molar-refractivity contribution in [1.29, 1.82) is 0 Å². The van der Waals surface area contributed by atoms with Gasteiger partial charge < -0.3 is 5.32 Å². The first-order valence-electron chi connectivity index (χ1n) is 7.11. The van der Waals surface area contributed by atoms with E-state index in [0.717, 1.165) is 24.1 Å². The fourth-order valence-corrected chi connectivity index (χ4v) is 2.24. The minimum absolute atomic E-state index is 0.0684. The Labute approximate surface area is 117 Å². The highest BCUT2D eigenvalue weighted by Crippen LogP contribution is 2.26. The first kappa shape index (κ1) is 15.9. The van der Waals surface area contributed by atoms with Gasteiger partial charge in [0.05, 0.1) is 0 Å². The molecule has 2 heteroatoms. The van der Waals surface area contributed by atoms with E-state index in [-0.39, 0.29) is 17.1 Å². The van der Waals surface area contributed by atoms with Crippen molar-refractivity contribution < 1.29 is 4.79 Å². The van der Waals surface area contributed by atoms with E-state index in [1.807, 2.05) is 14.0 Å². The molecule has 0 aliphatic carbocycles. The molecule has 0 amide bonds. The summed E-state index contributed by atoms with van der Waals surface area (Å²) in [6.45, 7) is 11.4. The summed E-state index contributed by atoms with van der Waals surface area (Å²) in [6.07, 6.45) is 0.874. The van der Waals surface area contributed by atoms with E-state index in [9.17, 15) is 4.79 Å². The van der Waals surface area contributed by atoms with Crippen LogP contribution in [-0.2, 0) is 5.41 Å². The summed E-state index contributed by atoms with van der Waals surface area (Å²) in [6, 6.07) is 6.28. The second-order valence-corrected chi connectivity index (χ2v) is 6.31. The number of rotatable bonds is 5. The Morgan fingerprint density at radius 1 is 1.32 bits per heavy atom. The minimum Gasteiger partial charge on any atom is -0.319 e. The predicted molar refractivity (Wildman–Crippen MR) is 81.9 cm³/mol. The van der Waals surface area contributed by atoms with Crippen LogP contribution in [0.5, 0.6) is 0 Å². The number of Topliss-reactive ketones (excluding diaryl/α,β-unsaturated/α-hetero) is 1. The molecule has 0 saturated carbocycles. The van der Waals surface area contributed by atoms with Crippen LogP contribution < -0.4 is 5.32 Å². The molecule has 19 heavy (non-hydrogen) atoms. The van der Waals surface area contributed by atoms with Gasteiger partial charge >= 0.3 is 0 Å². The molecular formula is C17H27NO. The summed E-state index contributed by atoms with van der Waals surface area (Å²) >= 11 is 0. The number of nitrogens with one attached hydrogen (secondary N) is 1. The molecule has 0 aliphatic rings. The number of hydrogen-bond donors (Lipinski definition) is 1. The molecule has 1 aromatic carbocycles. The molecular weight excluding hydrogens is 234 g/mol. The van der Waals surface area contributed by atoms with Gasteiger partial charge in [-0.15, -0.1) is 0 Å². The molecule has 0 aliphatic heterocycles. The lowest BCUT2D eigenvalue weighted by Gasteiger charge is -2.22. The van der Waals surface area contributed by atoms with Crippen molar-refractivity contribution in [3.05, 3.63) is 34.9 Å². The van der Waals surface area contributed by atoms with Crippen molar-refractivity contribution in [1.82, 2.24) is 5.32 Å². The van der Waals surface area contributed by atoms with Crippen LogP contribution >= 0.6 is 0 Å². The molecule has 0 aromatic heterocycles. The Hall–Kier alpha value is -1.15. The number of hydrogen-bond acceptors (Lipinski definition) is 2. The first-order chi connectivity index (χ1) is 8.81. The molecule has 2 nitrogen and oxygen atoms in total. The molecule has 0 spiro atoms. The Kier molecular flexibility index (Phi) is 5.30. The number of carbonyl (C=O) groups is 1. The zero-order valence-electron chi connectivity index (χ0n) is 13.1. The predicted octanol–water partition coefficient (Wildman–Crippen LogP) is 3.72. The normalized spacial score (nSPS) is 13.4. The van der Waals surface area contributed by atoms with Crippen LogP contribution in [-0.4, -0.2) is 19.4 Å². The topological polar surface area (TPSA) is 29.1 Å². The minimum atomic E-state index is 0.0684. The van der Waals surface area contributed by atoms with Crippen molar-refractivity contribution in [3.63, 3.8) is 0 Å². The quantitative estimate of drug-likeness (QED) is 0.818. The number of ketones is 1. The summed E-state index contributed by atoms with van der Waals surface area (Å²) in [7, 11) is 1.90. The van der Waals surface area contributed by atoms with Crippen molar-refractivity contribution in [2.24, 2.45) is 5.92 Å². The van der Waals surface area contributed by atoms with Crippen LogP contribution in [0.25, 0.3) is 0 Å². The van der Waals surface area contributed by atoms with Gasteiger partial charge in [0.25, 0.3) is 0 Å². The second kappa shape index (κ2) is 6.33.